The molecule has 1 unspecified atom stereocenters. The average Bonchev–Trinajstić information content (AvgIpc) is 2.54. The molecule has 0 spiro atoms. The van der Waals surface area contributed by atoms with Gasteiger partial charge in [0.15, 0.2) is 6.10 Å². The van der Waals surface area contributed by atoms with Crippen LogP contribution in [-0.2, 0) is 4.79 Å². The van der Waals surface area contributed by atoms with Gasteiger partial charge in [-0.2, -0.15) is 0 Å². The van der Waals surface area contributed by atoms with Gasteiger partial charge in [-0.3, -0.25) is 4.79 Å². The smallest absolute Gasteiger partial charge is 0.269 e. The number of nitrogens with zero attached hydrogens (tertiary/aromatic N) is 1. The molecule has 1 aliphatic heterocycles. The van der Waals surface area contributed by atoms with Gasteiger partial charge in [-0.15, -0.1) is 0 Å². The van der Waals surface area contributed by atoms with Crippen LogP contribution in [0.1, 0.15) is 0 Å². The normalized spacial score (nSPS) is 16.6. The standard InChI is InChI=1S/C16H16N2O2/c1-18(12-7-3-2-4-8-12)16(19)15-11-17-13-9-5-6-10-14(13)20-15/h2-10,15,17H,11H2,1H3. The minimum atomic E-state index is -0.505. The van der Waals surface area contributed by atoms with Crippen molar-refractivity contribution in [1.29, 1.82) is 0 Å². The minimum Gasteiger partial charge on any atom is -0.477 e. The Bertz CT molecular complexity index is 613. The molecule has 2 aromatic carbocycles. The van der Waals surface area contributed by atoms with E-state index in [0.29, 0.717) is 6.54 Å². The number of carbonyl (C=O) groups is 1. The second-order valence-electron chi connectivity index (χ2n) is 4.72. The Morgan fingerprint density at radius 2 is 1.85 bits per heavy atom. The van der Waals surface area contributed by atoms with Gasteiger partial charge in [0.2, 0.25) is 0 Å². The molecule has 1 heterocycles. The minimum absolute atomic E-state index is 0.0572. The predicted octanol–water partition coefficient (Wildman–Crippen LogP) is 2.52. The highest BCUT2D eigenvalue weighted by molar-refractivity contribution is 5.97. The van der Waals surface area contributed by atoms with Crippen molar-refractivity contribution in [2.24, 2.45) is 0 Å². The molecule has 1 amide bonds. The van der Waals surface area contributed by atoms with Crippen LogP contribution in [0.2, 0.25) is 0 Å². The number of fused-ring (bicyclic) bond motifs is 1. The van der Waals surface area contributed by atoms with Crippen LogP contribution in [0.4, 0.5) is 11.4 Å². The second kappa shape index (κ2) is 5.25. The Balaban J connectivity index is 1.76. The molecule has 0 saturated carbocycles. The van der Waals surface area contributed by atoms with E-state index in [2.05, 4.69) is 5.32 Å². The number of amides is 1. The molecule has 0 aromatic heterocycles. The molecule has 0 bridgehead atoms. The fraction of sp³-hybridized carbons (Fsp3) is 0.188. The Morgan fingerprint density at radius 3 is 2.65 bits per heavy atom. The molecule has 1 N–H and O–H groups in total. The van der Waals surface area contributed by atoms with E-state index in [4.69, 9.17) is 4.74 Å². The van der Waals surface area contributed by atoms with E-state index >= 15 is 0 Å². The van der Waals surface area contributed by atoms with Crippen molar-refractivity contribution < 1.29 is 9.53 Å². The highest BCUT2D eigenvalue weighted by Gasteiger charge is 2.28. The molecule has 1 atom stereocenters. The fourth-order valence-electron chi connectivity index (χ4n) is 2.25. The van der Waals surface area contributed by atoms with Crippen LogP contribution in [0, 0.1) is 0 Å². The first-order valence-corrected chi connectivity index (χ1v) is 6.58. The zero-order valence-electron chi connectivity index (χ0n) is 11.2. The largest absolute Gasteiger partial charge is 0.477 e. The summed E-state index contributed by atoms with van der Waals surface area (Å²) in [7, 11) is 1.77. The van der Waals surface area contributed by atoms with E-state index < -0.39 is 6.10 Å². The number of para-hydroxylation sites is 3. The summed E-state index contributed by atoms with van der Waals surface area (Å²) in [6, 6.07) is 17.2. The third kappa shape index (κ3) is 2.32. The van der Waals surface area contributed by atoms with Gasteiger partial charge in [-0.05, 0) is 24.3 Å². The van der Waals surface area contributed by atoms with Crippen LogP contribution < -0.4 is 15.0 Å². The topological polar surface area (TPSA) is 41.6 Å². The summed E-state index contributed by atoms with van der Waals surface area (Å²) >= 11 is 0. The highest BCUT2D eigenvalue weighted by Crippen LogP contribution is 2.29. The number of hydrogen-bond acceptors (Lipinski definition) is 3. The van der Waals surface area contributed by atoms with Crippen LogP contribution in [0.3, 0.4) is 0 Å². The highest BCUT2D eigenvalue weighted by atomic mass is 16.5. The number of carbonyl (C=O) groups excluding carboxylic acids is 1. The van der Waals surface area contributed by atoms with Crippen molar-refractivity contribution in [1.82, 2.24) is 0 Å². The van der Waals surface area contributed by atoms with Crippen molar-refractivity contribution in [2.45, 2.75) is 6.10 Å². The molecular formula is C16H16N2O2. The summed E-state index contributed by atoms with van der Waals surface area (Å²) in [5.74, 6) is 0.664. The maximum Gasteiger partial charge on any atom is 0.269 e. The lowest BCUT2D eigenvalue weighted by atomic mass is 10.2. The maximum absolute atomic E-state index is 12.5. The monoisotopic (exact) mass is 268 g/mol. The van der Waals surface area contributed by atoms with Crippen LogP contribution in [-0.4, -0.2) is 25.6 Å². The SMILES string of the molecule is CN(C(=O)C1CNc2ccccc2O1)c1ccccc1. The molecule has 0 fully saturated rings. The zero-order chi connectivity index (χ0) is 13.9. The van der Waals surface area contributed by atoms with E-state index in [0.717, 1.165) is 17.1 Å². The van der Waals surface area contributed by atoms with Gasteiger partial charge in [-0.1, -0.05) is 30.3 Å². The molecule has 20 heavy (non-hydrogen) atoms. The van der Waals surface area contributed by atoms with Crippen molar-refractivity contribution in [3.05, 3.63) is 54.6 Å². The number of benzene rings is 2. The summed E-state index contributed by atoms with van der Waals surface area (Å²) in [5.41, 5.74) is 1.79. The van der Waals surface area contributed by atoms with Crippen LogP contribution in [0.15, 0.2) is 54.6 Å². The zero-order valence-corrected chi connectivity index (χ0v) is 11.2. The fourth-order valence-corrected chi connectivity index (χ4v) is 2.25. The lowest BCUT2D eigenvalue weighted by Crippen LogP contribution is -2.45. The number of likely N-dealkylation sites (N-methyl/N-ethyl adjacent to an activating group) is 1. The Hall–Kier alpha value is -2.49. The van der Waals surface area contributed by atoms with Gasteiger partial charge < -0.3 is 15.0 Å². The first-order chi connectivity index (χ1) is 9.75. The van der Waals surface area contributed by atoms with E-state index in [9.17, 15) is 4.79 Å². The molecule has 4 heteroatoms. The summed E-state index contributed by atoms with van der Waals surface area (Å²) in [6.45, 7) is 0.479. The van der Waals surface area contributed by atoms with Gasteiger partial charge in [0, 0.05) is 12.7 Å². The molecule has 3 rings (SSSR count). The summed E-state index contributed by atoms with van der Waals surface area (Å²) < 4.78 is 5.78. The van der Waals surface area contributed by atoms with Crippen LogP contribution in [0.5, 0.6) is 5.75 Å². The van der Waals surface area contributed by atoms with Crippen LogP contribution >= 0.6 is 0 Å². The Kier molecular flexibility index (Phi) is 3.29. The van der Waals surface area contributed by atoms with Crippen molar-refractivity contribution in [3.63, 3.8) is 0 Å². The Morgan fingerprint density at radius 1 is 1.15 bits per heavy atom. The van der Waals surface area contributed by atoms with Crippen molar-refractivity contribution in [2.75, 3.05) is 23.8 Å². The molecule has 4 nitrogen and oxygen atoms in total. The number of anilines is 2. The molecule has 1 aliphatic rings. The van der Waals surface area contributed by atoms with Crippen molar-refractivity contribution >= 4 is 17.3 Å². The van der Waals surface area contributed by atoms with Gasteiger partial charge in [-0.25, -0.2) is 0 Å². The van der Waals surface area contributed by atoms with Gasteiger partial charge >= 0.3 is 0 Å². The lowest BCUT2D eigenvalue weighted by Gasteiger charge is -2.29. The molecule has 2 aromatic rings. The third-order valence-corrected chi connectivity index (χ3v) is 3.38. The summed E-state index contributed by atoms with van der Waals surface area (Å²) in [4.78, 5) is 14.1. The van der Waals surface area contributed by atoms with Crippen molar-refractivity contribution in [3.8, 4) is 5.75 Å². The number of rotatable bonds is 2. The first kappa shape index (κ1) is 12.5. The molecule has 0 saturated heterocycles. The molecular weight excluding hydrogens is 252 g/mol. The first-order valence-electron chi connectivity index (χ1n) is 6.58. The lowest BCUT2D eigenvalue weighted by molar-refractivity contribution is -0.124. The summed E-state index contributed by atoms with van der Waals surface area (Å²) in [6.07, 6.45) is -0.505. The second-order valence-corrected chi connectivity index (χ2v) is 4.72. The van der Waals surface area contributed by atoms with Gasteiger partial charge in [0.05, 0.1) is 12.2 Å². The maximum atomic E-state index is 12.5. The van der Waals surface area contributed by atoms with E-state index in [1.807, 2.05) is 54.6 Å². The Labute approximate surface area is 118 Å². The average molecular weight is 268 g/mol. The molecule has 0 aliphatic carbocycles. The predicted molar refractivity (Wildman–Crippen MR) is 79.2 cm³/mol. The quantitative estimate of drug-likeness (QED) is 0.910. The van der Waals surface area contributed by atoms with E-state index in [-0.39, 0.29) is 5.91 Å². The van der Waals surface area contributed by atoms with Gasteiger partial charge in [0.1, 0.15) is 5.75 Å². The summed E-state index contributed by atoms with van der Waals surface area (Å²) in [5, 5.41) is 3.23. The third-order valence-electron chi connectivity index (χ3n) is 3.38. The van der Waals surface area contributed by atoms with E-state index in [1.165, 1.54) is 0 Å². The van der Waals surface area contributed by atoms with Crippen LogP contribution in [0.25, 0.3) is 0 Å². The number of nitrogens with one attached hydrogen (secondary N) is 1. The molecule has 102 valence electrons. The number of ether oxygens (including phenoxy) is 1. The number of hydrogen-bond donors (Lipinski definition) is 1. The van der Waals surface area contributed by atoms with Gasteiger partial charge in [0.25, 0.3) is 5.91 Å². The van der Waals surface area contributed by atoms with E-state index in [1.54, 1.807) is 11.9 Å². The molecule has 0 radical (unpaired) electrons.